The third-order valence-electron chi connectivity index (χ3n) is 6.13. The van der Waals surface area contributed by atoms with Crippen LogP contribution in [0.25, 0.3) is 11.1 Å². The van der Waals surface area contributed by atoms with E-state index in [2.05, 4.69) is 31.3 Å². The second kappa shape index (κ2) is 11.0. The number of benzene rings is 2. The summed E-state index contributed by atoms with van der Waals surface area (Å²) in [4.78, 5) is 27.1. The van der Waals surface area contributed by atoms with Crippen LogP contribution in [0.2, 0.25) is 0 Å². The third-order valence-corrected chi connectivity index (χ3v) is 6.13. The lowest BCUT2D eigenvalue weighted by molar-refractivity contribution is -0.137. The van der Waals surface area contributed by atoms with E-state index in [-0.39, 0.29) is 23.8 Å². The fraction of sp³-hybridized carbons (Fsp3) is 0.462. The van der Waals surface area contributed by atoms with Gasteiger partial charge in [-0.15, -0.1) is 0 Å². The minimum Gasteiger partial charge on any atom is -0.481 e. The van der Waals surface area contributed by atoms with Crippen molar-refractivity contribution in [2.45, 2.75) is 58.6 Å². The number of amides is 2. The fourth-order valence-corrected chi connectivity index (χ4v) is 4.07. The molecule has 1 aliphatic heterocycles. The molecule has 1 aliphatic rings. The molecule has 0 bridgehead atoms. The Morgan fingerprint density at radius 1 is 0.968 bits per heavy atom. The Hall–Kier alpha value is -2.82. The highest BCUT2D eigenvalue weighted by Crippen LogP contribution is 2.23. The summed E-state index contributed by atoms with van der Waals surface area (Å²) in [5, 5.41) is 3.09. The van der Waals surface area contributed by atoms with Gasteiger partial charge in [0, 0.05) is 25.0 Å². The second-order valence-corrected chi connectivity index (χ2v) is 8.27. The number of rotatable bonds is 8. The monoisotopic (exact) mass is 422 g/mol. The summed E-state index contributed by atoms with van der Waals surface area (Å²) in [6.45, 7) is 7.31. The second-order valence-electron chi connectivity index (χ2n) is 8.27. The first-order valence-corrected chi connectivity index (χ1v) is 11.4. The van der Waals surface area contributed by atoms with E-state index >= 15 is 0 Å². The van der Waals surface area contributed by atoms with Crippen LogP contribution in [0.5, 0.6) is 5.75 Å². The van der Waals surface area contributed by atoms with Crippen LogP contribution in [0.1, 0.15) is 46.5 Å². The zero-order chi connectivity index (χ0) is 22.2. The predicted octanol–water partition coefficient (Wildman–Crippen LogP) is 4.66. The summed E-state index contributed by atoms with van der Waals surface area (Å²) in [5.41, 5.74) is 2.26. The van der Waals surface area contributed by atoms with Crippen LogP contribution in [-0.2, 0) is 9.59 Å². The Bertz CT molecular complexity index is 839. The van der Waals surface area contributed by atoms with Crippen molar-refractivity contribution in [3.05, 3.63) is 54.6 Å². The number of hydrogen-bond acceptors (Lipinski definition) is 3. The van der Waals surface area contributed by atoms with Crippen LogP contribution in [0.3, 0.4) is 0 Å². The van der Waals surface area contributed by atoms with Gasteiger partial charge >= 0.3 is 0 Å². The van der Waals surface area contributed by atoms with E-state index in [4.69, 9.17) is 4.74 Å². The van der Waals surface area contributed by atoms with E-state index in [9.17, 15) is 9.59 Å². The molecule has 0 aromatic heterocycles. The molecule has 1 saturated heterocycles. The molecular weight excluding hydrogens is 388 g/mol. The van der Waals surface area contributed by atoms with Gasteiger partial charge in [-0.1, -0.05) is 56.3 Å². The van der Waals surface area contributed by atoms with Crippen molar-refractivity contribution >= 4 is 11.8 Å². The van der Waals surface area contributed by atoms with Crippen molar-refractivity contribution in [1.29, 1.82) is 0 Å². The largest absolute Gasteiger partial charge is 0.481 e. The van der Waals surface area contributed by atoms with Gasteiger partial charge in [0.25, 0.3) is 5.91 Å². The lowest BCUT2D eigenvalue weighted by Gasteiger charge is -2.34. The van der Waals surface area contributed by atoms with Crippen LogP contribution < -0.4 is 10.1 Å². The van der Waals surface area contributed by atoms with Gasteiger partial charge in [0.2, 0.25) is 5.91 Å². The number of ether oxygens (including phenoxy) is 1. The van der Waals surface area contributed by atoms with E-state index in [0.29, 0.717) is 18.8 Å². The molecule has 1 atom stereocenters. The van der Waals surface area contributed by atoms with Gasteiger partial charge < -0.3 is 15.0 Å². The van der Waals surface area contributed by atoms with Crippen molar-refractivity contribution in [2.75, 3.05) is 13.1 Å². The molecule has 5 heteroatoms. The maximum absolute atomic E-state index is 12.6. The molecular formula is C26H34N2O3. The highest BCUT2D eigenvalue weighted by molar-refractivity contribution is 5.81. The summed E-state index contributed by atoms with van der Waals surface area (Å²) in [7, 11) is 0. The number of nitrogens with one attached hydrogen (secondary N) is 1. The molecule has 1 fully saturated rings. The molecule has 0 aliphatic carbocycles. The summed E-state index contributed by atoms with van der Waals surface area (Å²) >= 11 is 0. The SMILES string of the molecule is CCC(CC)C(=O)N1CCC(NC(=O)C(C)Oc2ccc(-c3ccccc3)cc2)CC1. The number of carbonyl (C=O) groups is 2. The Morgan fingerprint density at radius 2 is 1.55 bits per heavy atom. The lowest BCUT2D eigenvalue weighted by atomic mass is 9.98. The number of hydrogen-bond donors (Lipinski definition) is 1. The van der Waals surface area contributed by atoms with Crippen molar-refractivity contribution in [3.8, 4) is 16.9 Å². The molecule has 2 aromatic rings. The Balaban J connectivity index is 1.46. The van der Waals surface area contributed by atoms with Gasteiger partial charge in [-0.25, -0.2) is 0 Å². The van der Waals surface area contributed by atoms with Gasteiger partial charge in [-0.05, 0) is 55.9 Å². The molecule has 3 rings (SSSR count). The van der Waals surface area contributed by atoms with Gasteiger partial charge in [0.05, 0.1) is 0 Å². The standard InChI is InChI=1S/C26H34N2O3/c1-4-20(5-2)26(30)28-17-15-23(16-18-28)27-25(29)19(3)31-24-13-11-22(12-14-24)21-9-7-6-8-10-21/h6-14,19-20,23H,4-5,15-18H2,1-3H3,(H,27,29). The average Bonchev–Trinajstić information content (AvgIpc) is 2.81. The van der Waals surface area contributed by atoms with E-state index in [1.165, 1.54) is 0 Å². The average molecular weight is 423 g/mol. The topological polar surface area (TPSA) is 58.6 Å². The highest BCUT2D eigenvalue weighted by atomic mass is 16.5. The van der Waals surface area contributed by atoms with Gasteiger partial charge in [-0.3, -0.25) is 9.59 Å². The van der Waals surface area contributed by atoms with Crippen LogP contribution in [0, 0.1) is 5.92 Å². The zero-order valence-corrected chi connectivity index (χ0v) is 18.8. The Labute approximate surface area is 185 Å². The molecule has 166 valence electrons. The number of nitrogens with zero attached hydrogens (tertiary/aromatic N) is 1. The highest BCUT2D eigenvalue weighted by Gasteiger charge is 2.28. The van der Waals surface area contributed by atoms with E-state index in [0.717, 1.165) is 36.8 Å². The van der Waals surface area contributed by atoms with E-state index in [1.54, 1.807) is 6.92 Å². The third kappa shape index (κ3) is 6.09. The molecule has 5 nitrogen and oxygen atoms in total. The van der Waals surface area contributed by atoms with Gasteiger partial charge in [0.15, 0.2) is 6.10 Å². The molecule has 2 aromatic carbocycles. The van der Waals surface area contributed by atoms with Crippen molar-refractivity contribution in [3.63, 3.8) is 0 Å². The maximum atomic E-state index is 12.6. The minimum absolute atomic E-state index is 0.0877. The zero-order valence-electron chi connectivity index (χ0n) is 18.8. The van der Waals surface area contributed by atoms with Crippen molar-refractivity contribution < 1.29 is 14.3 Å². The van der Waals surface area contributed by atoms with Crippen molar-refractivity contribution in [1.82, 2.24) is 10.2 Å². The van der Waals surface area contributed by atoms with Crippen LogP contribution >= 0.6 is 0 Å². The fourth-order valence-electron chi connectivity index (χ4n) is 4.07. The number of likely N-dealkylation sites (tertiary alicyclic amines) is 1. The summed E-state index contributed by atoms with van der Waals surface area (Å²) in [6.07, 6.45) is 2.76. The Kier molecular flexibility index (Phi) is 8.10. The molecule has 1 heterocycles. The van der Waals surface area contributed by atoms with Gasteiger partial charge in [0.1, 0.15) is 5.75 Å². The van der Waals surface area contributed by atoms with Crippen molar-refractivity contribution in [2.24, 2.45) is 5.92 Å². The van der Waals surface area contributed by atoms with Crippen LogP contribution in [0.15, 0.2) is 54.6 Å². The number of piperidine rings is 1. The first-order valence-electron chi connectivity index (χ1n) is 11.4. The predicted molar refractivity (Wildman–Crippen MR) is 124 cm³/mol. The number of carbonyl (C=O) groups excluding carboxylic acids is 2. The molecule has 1 N–H and O–H groups in total. The van der Waals surface area contributed by atoms with Gasteiger partial charge in [-0.2, -0.15) is 0 Å². The Morgan fingerprint density at radius 3 is 2.13 bits per heavy atom. The first-order chi connectivity index (χ1) is 15.0. The molecule has 0 radical (unpaired) electrons. The molecule has 0 saturated carbocycles. The van der Waals surface area contributed by atoms with E-state index in [1.807, 2.05) is 47.4 Å². The summed E-state index contributed by atoms with van der Waals surface area (Å²) in [6, 6.07) is 18.0. The quantitative estimate of drug-likeness (QED) is 0.673. The normalized spacial score (nSPS) is 15.5. The lowest BCUT2D eigenvalue weighted by Crippen LogP contribution is -2.50. The minimum atomic E-state index is -0.577. The summed E-state index contributed by atoms with van der Waals surface area (Å²) < 4.78 is 5.85. The molecule has 31 heavy (non-hydrogen) atoms. The molecule has 2 amide bonds. The first kappa shape index (κ1) is 22.9. The molecule has 1 unspecified atom stereocenters. The van der Waals surface area contributed by atoms with Crippen LogP contribution in [0.4, 0.5) is 0 Å². The summed E-state index contributed by atoms with van der Waals surface area (Å²) in [5.74, 6) is 0.933. The maximum Gasteiger partial charge on any atom is 0.260 e. The smallest absolute Gasteiger partial charge is 0.260 e. The molecule has 0 spiro atoms. The van der Waals surface area contributed by atoms with E-state index < -0.39 is 6.10 Å². The van der Waals surface area contributed by atoms with Crippen LogP contribution in [-0.4, -0.2) is 41.9 Å².